The lowest BCUT2D eigenvalue weighted by atomic mass is 10.1. The lowest BCUT2D eigenvalue weighted by molar-refractivity contribution is 0.236. The van der Waals surface area contributed by atoms with Crippen molar-refractivity contribution in [2.75, 3.05) is 37.6 Å². The van der Waals surface area contributed by atoms with Gasteiger partial charge < -0.3 is 9.32 Å². The van der Waals surface area contributed by atoms with Crippen molar-refractivity contribution < 1.29 is 4.42 Å². The minimum Gasteiger partial charge on any atom is -0.464 e. The van der Waals surface area contributed by atoms with Crippen molar-refractivity contribution in [1.29, 1.82) is 0 Å². The molecule has 0 bridgehead atoms. The molecule has 6 rings (SSSR count). The Hall–Kier alpha value is -3.85. The van der Waals surface area contributed by atoms with Crippen LogP contribution in [0.4, 0.5) is 5.82 Å². The third-order valence-corrected chi connectivity index (χ3v) is 6.65. The number of anilines is 1. The number of hydrogen-bond donors (Lipinski definition) is 1. The van der Waals surface area contributed by atoms with Gasteiger partial charge in [-0.2, -0.15) is 0 Å². The Bertz CT molecular complexity index is 1650. The normalized spacial score (nSPS) is 15.2. The third-order valence-electron chi connectivity index (χ3n) is 6.65. The van der Waals surface area contributed by atoms with Crippen molar-refractivity contribution in [1.82, 2.24) is 24.5 Å². The number of benzene rings is 1. The molecule has 3 aromatic rings. The molecule has 0 unspecified atom stereocenters. The molecule has 1 saturated heterocycles. The highest BCUT2D eigenvalue weighted by atomic mass is 16.3. The summed E-state index contributed by atoms with van der Waals surface area (Å²) in [4.78, 5) is 37.1. The lowest BCUT2D eigenvalue weighted by Crippen LogP contribution is -2.47. The van der Waals surface area contributed by atoms with Gasteiger partial charge in [0.05, 0.1) is 18.2 Å². The summed E-state index contributed by atoms with van der Waals surface area (Å²) < 4.78 is 7.39. The van der Waals surface area contributed by atoms with Crippen LogP contribution in [0.15, 0.2) is 62.9 Å². The van der Waals surface area contributed by atoms with Crippen molar-refractivity contribution in [3.8, 4) is 0 Å². The summed E-state index contributed by atoms with van der Waals surface area (Å²) in [7, 11) is 1.83. The van der Waals surface area contributed by atoms with Crippen LogP contribution in [-0.4, -0.2) is 57.2 Å². The van der Waals surface area contributed by atoms with Crippen molar-refractivity contribution in [3.63, 3.8) is 0 Å². The number of piperazine rings is 1. The molecular formula is C24H24N6O3. The SMILES string of the molecule is Cn1[nH]c2c(=O)c3ccccc3c(=O)c=2n1CCN1CCN(c2nccc3occc23)CC1. The predicted octanol–water partition coefficient (Wildman–Crippen LogP) is 1.72. The number of fused-ring (bicyclic) bond motifs is 2. The molecule has 0 amide bonds. The van der Waals surface area contributed by atoms with Gasteiger partial charge in [0.15, 0.2) is 0 Å². The van der Waals surface area contributed by atoms with Gasteiger partial charge in [-0.25, -0.2) is 9.78 Å². The van der Waals surface area contributed by atoms with Crippen molar-refractivity contribution >= 4 is 27.6 Å². The summed E-state index contributed by atoms with van der Waals surface area (Å²) in [5, 5.41) is 5.86. The van der Waals surface area contributed by atoms with E-state index in [2.05, 4.69) is 19.9 Å². The Balaban J connectivity index is 1.23. The Morgan fingerprint density at radius 3 is 2.48 bits per heavy atom. The first-order valence-electron chi connectivity index (χ1n) is 11.1. The van der Waals surface area contributed by atoms with Gasteiger partial charge in [-0.15, -0.1) is 0 Å². The van der Waals surface area contributed by atoms with E-state index in [1.165, 1.54) is 0 Å². The maximum absolute atomic E-state index is 13.2. The lowest BCUT2D eigenvalue weighted by Gasteiger charge is -2.35. The Morgan fingerprint density at radius 2 is 1.70 bits per heavy atom. The average molecular weight is 444 g/mol. The molecule has 0 radical (unpaired) electrons. The monoisotopic (exact) mass is 444 g/mol. The molecule has 1 aromatic carbocycles. The Morgan fingerprint density at radius 1 is 0.939 bits per heavy atom. The summed E-state index contributed by atoms with van der Waals surface area (Å²) in [6, 6.07) is 10.9. The van der Waals surface area contributed by atoms with E-state index in [9.17, 15) is 9.59 Å². The first-order valence-corrected chi connectivity index (χ1v) is 11.1. The molecule has 0 saturated carbocycles. The van der Waals surface area contributed by atoms with E-state index < -0.39 is 0 Å². The fourth-order valence-corrected chi connectivity index (χ4v) is 4.90. The summed E-state index contributed by atoms with van der Waals surface area (Å²) in [6.07, 6.45) is 3.49. The van der Waals surface area contributed by atoms with E-state index in [0.717, 1.165) is 49.5 Å². The first-order chi connectivity index (χ1) is 16.1. The van der Waals surface area contributed by atoms with E-state index in [1.54, 1.807) is 41.5 Å². The number of aromatic amines is 1. The first kappa shape index (κ1) is 19.8. The van der Waals surface area contributed by atoms with Crippen molar-refractivity contribution in [2.24, 2.45) is 7.05 Å². The zero-order valence-corrected chi connectivity index (χ0v) is 18.3. The van der Waals surface area contributed by atoms with Crippen LogP contribution < -0.4 is 15.8 Å². The van der Waals surface area contributed by atoms with Gasteiger partial charge in [0.25, 0.3) is 0 Å². The van der Waals surface area contributed by atoms with Crippen LogP contribution in [0.3, 0.4) is 0 Å². The Labute approximate surface area is 188 Å². The summed E-state index contributed by atoms with van der Waals surface area (Å²) >= 11 is 0. The number of nitrogens with one attached hydrogen (secondary N) is 1. The fourth-order valence-electron chi connectivity index (χ4n) is 4.90. The molecule has 9 nitrogen and oxygen atoms in total. The predicted molar refractivity (Wildman–Crippen MR) is 126 cm³/mol. The average Bonchev–Trinajstić information content (AvgIpc) is 3.46. The number of rotatable bonds is 4. The van der Waals surface area contributed by atoms with Gasteiger partial charge in [-0.3, -0.25) is 24.3 Å². The molecule has 9 heteroatoms. The quantitative estimate of drug-likeness (QED) is 0.454. The molecule has 168 valence electrons. The molecule has 2 aliphatic heterocycles. The van der Waals surface area contributed by atoms with E-state index in [4.69, 9.17) is 4.42 Å². The Kier molecular flexibility index (Phi) is 4.58. The number of nitrogens with zero attached hydrogens (tertiary/aromatic N) is 5. The number of hydrogen-bond acceptors (Lipinski definition) is 6. The molecule has 0 spiro atoms. The van der Waals surface area contributed by atoms with E-state index >= 15 is 0 Å². The topological polar surface area (TPSA) is 92.3 Å². The molecule has 3 aliphatic rings. The zero-order chi connectivity index (χ0) is 22.5. The van der Waals surface area contributed by atoms with Crippen LogP contribution in [-0.2, 0) is 13.6 Å². The molecule has 0 atom stereocenters. The van der Waals surface area contributed by atoms with Crippen LogP contribution in [0.1, 0.15) is 0 Å². The van der Waals surface area contributed by atoms with E-state index in [0.29, 0.717) is 28.0 Å². The fraction of sp³-hybridized carbons (Fsp3) is 0.292. The minimum absolute atomic E-state index is 0.110. The van der Waals surface area contributed by atoms with Gasteiger partial charge in [-0.05, 0) is 12.1 Å². The number of aryl methyl sites for hydroxylation is 1. The zero-order valence-electron chi connectivity index (χ0n) is 18.3. The molecule has 1 aliphatic carbocycles. The standard InChI is InChI=1S/C24H24N6O3/c1-27-26-20-21(23(32)17-5-3-2-4-16(17)22(20)31)30(27)14-11-28-9-12-29(13-10-28)24-18-7-15-33-19(18)6-8-25-24/h2-8,15,26H,9-14H2,1H3. The smallest absolute Gasteiger partial charge is 0.214 e. The van der Waals surface area contributed by atoms with Crippen LogP contribution >= 0.6 is 0 Å². The number of furan rings is 1. The van der Waals surface area contributed by atoms with Crippen LogP contribution in [0.25, 0.3) is 21.7 Å². The van der Waals surface area contributed by atoms with Gasteiger partial charge in [0.1, 0.15) is 22.1 Å². The highest BCUT2D eigenvalue weighted by Gasteiger charge is 2.21. The second-order valence-electron chi connectivity index (χ2n) is 8.48. The summed E-state index contributed by atoms with van der Waals surface area (Å²) in [5.74, 6) is 0.962. The summed E-state index contributed by atoms with van der Waals surface area (Å²) in [5.41, 5.74) is 0.606. The van der Waals surface area contributed by atoms with Gasteiger partial charge in [-0.1, -0.05) is 24.3 Å². The van der Waals surface area contributed by atoms with E-state index in [-0.39, 0.29) is 10.9 Å². The summed E-state index contributed by atoms with van der Waals surface area (Å²) in [6.45, 7) is 4.90. The van der Waals surface area contributed by atoms with Crippen molar-refractivity contribution in [2.45, 2.75) is 6.54 Å². The second-order valence-corrected chi connectivity index (χ2v) is 8.48. The maximum Gasteiger partial charge on any atom is 0.214 e. The minimum atomic E-state index is -0.135. The van der Waals surface area contributed by atoms with Gasteiger partial charge in [0, 0.05) is 56.7 Å². The van der Waals surface area contributed by atoms with Crippen LogP contribution in [0.2, 0.25) is 0 Å². The number of aromatic nitrogens is 4. The molecule has 1 fully saturated rings. The number of pyridine rings is 1. The molecular weight excluding hydrogens is 420 g/mol. The van der Waals surface area contributed by atoms with Gasteiger partial charge in [0.2, 0.25) is 10.9 Å². The highest BCUT2D eigenvalue weighted by Crippen LogP contribution is 2.25. The largest absolute Gasteiger partial charge is 0.464 e. The highest BCUT2D eigenvalue weighted by molar-refractivity contribution is 5.88. The van der Waals surface area contributed by atoms with Gasteiger partial charge >= 0.3 is 0 Å². The molecule has 1 N–H and O–H groups in total. The molecule has 33 heavy (non-hydrogen) atoms. The van der Waals surface area contributed by atoms with E-state index in [1.807, 2.05) is 23.9 Å². The molecule has 4 heterocycles. The van der Waals surface area contributed by atoms with Crippen molar-refractivity contribution in [3.05, 3.63) is 80.0 Å². The molecule has 2 aromatic heterocycles. The number of H-pyrrole nitrogens is 1. The van der Waals surface area contributed by atoms with Crippen LogP contribution in [0, 0.1) is 10.7 Å². The van der Waals surface area contributed by atoms with Crippen LogP contribution in [0.5, 0.6) is 0 Å². The second kappa shape index (κ2) is 7.63. The maximum atomic E-state index is 13.2. The third kappa shape index (κ3) is 3.15.